The number of nitrogens with zero attached hydrogens (tertiary/aromatic N) is 1. The fourth-order valence-corrected chi connectivity index (χ4v) is 2.33. The van der Waals surface area contributed by atoms with Crippen LogP contribution in [0.5, 0.6) is 0 Å². The first-order valence-corrected chi connectivity index (χ1v) is 7.13. The molecular weight excluding hydrogens is 296 g/mol. The quantitative estimate of drug-likeness (QED) is 0.725. The summed E-state index contributed by atoms with van der Waals surface area (Å²) in [7, 11) is 2.95. The van der Waals surface area contributed by atoms with E-state index in [9.17, 15) is 14.4 Å². The highest BCUT2D eigenvalue weighted by atomic mass is 32.1. The van der Waals surface area contributed by atoms with Crippen molar-refractivity contribution >= 4 is 29.1 Å². The molecule has 0 radical (unpaired) electrons. The molecular formula is C13H18N2O5S. The lowest BCUT2D eigenvalue weighted by atomic mass is 10.2. The van der Waals surface area contributed by atoms with Crippen molar-refractivity contribution in [3.63, 3.8) is 0 Å². The highest BCUT2D eigenvalue weighted by Crippen LogP contribution is 2.10. The summed E-state index contributed by atoms with van der Waals surface area (Å²) in [5, 5.41) is 13.1. The number of amides is 2. The van der Waals surface area contributed by atoms with E-state index in [4.69, 9.17) is 9.84 Å². The monoisotopic (exact) mass is 314 g/mol. The van der Waals surface area contributed by atoms with E-state index in [1.165, 1.54) is 30.4 Å². The smallest absolute Gasteiger partial charge is 0.326 e. The van der Waals surface area contributed by atoms with Crippen LogP contribution < -0.4 is 5.32 Å². The Morgan fingerprint density at radius 1 is 1.48 bits per heavy atom. The lowest BCUT2D eigenvalue weighted by Crippen LogP contribution is -2.46. The number of aliphatic carboxylic acids is 1. The topological polar surface area (TPSA) is 95.9 Å². The Bertz CT molecular complexity index is 489. The average molecular weight is 314 g/mol. The number of likely N-dealkylation sites (N-methyl/N-ethyl adjacent to an activating group) is 1. The number of carboxylic acid groups (broad SMARTS) is 1. The van der Waals surface area contributed by atoms with Crippen molar-refractivity contribution in [1.29, 1.82) is 0 Å². The molecule has 0 aromatic carbocycles. The van der Waals surface area contributed by atoms with Crippen molar-refractivity contribution in [3.05, 3.63) is 22.4 Å². The van der Waals surface area contributed by atoms with E-state index in [1.54, 1.807) is 17.5 Å². The standard InChI is InChI=1S/C13H18N2O5S/c1-15(12(17)10-4-3-7-21-10)8-11(16)14-9(13(18)19)5-6-20-2/h3-4,7,9H,5-6,8H2,1-2H3,(H,14,16)(H,18,19). The minimum Gasteiger partial charge on any atom is -0.480 e. The van der Waals surface area contributed by atoms with Gasteiger partial charge in [0.15, 0.2) is 0 Å². The van der Waals surface area contributed by atoms with Crippen molar-refractivity contribution < 1.29 is 24.2 Å². The second kappa shape index (κ2) is 8.38. The molecule has 2 N–H and O–H groups in total. The molecule has 116 valence electrons. The van der Waals surface area contributed by atoms with Gasteiger partial charge in [0.25, 0.3) is 5.91 Å². The first-order valence-electron chi connectivity index (χ1n) is 6.25. The predicted molar refractivity (Wildman–Crippen MR) is 77.3 cm³/mol. The Hall–Kier alpha value is -1.93. The number of hydrogen-bond donors (Lipinski definition) is 2. The van der Waals surface area contributed by atoms with E-state index >= 15 is 0 Å². The number of nitrogens with one attached hydrogen (secondary N) is 1. The van der Waals surface area contributed by atoms with Crippen LogP contribution in [0.4, 0.5) is 0 Å². The number of hydrogen-bond acceptors (Lipinski definition) is 5. The molecule has 0 spiro atoms. The van der Waals surface area contributed by atoms with Crippen LogP contribution in [-0.2, 0) is 14.3 Å². The summed E-state index contributed by atoms with van der Waals surface area (Å²) in [4.78, 5) is 36.5. The highest BCUT2D eigenvalue weighted by Gasteiger charge is 2.22. The summed E-state index contributed by atoms with van der Waals surface area (Å²) < 4.78 is 4.79. The number of carboxylic acids is 1. The van der Waals surface area contributed by atoms with E-state index in [2.05, 4.69) is 5.32 Å². The maximum Gasteiger partial charge on any atom is 0.326 e. The Balaban J connectivity index is 2.51. The zero-order chi connectivity index (χ0) is 15.8. The van der Waals surface area contributed by atoms with E-state index < -0.39 is 17.9 Å². The largest absolute Gasteiger partial charge is 0.480 e. The van der Waals surface area contributed by atoms with Gasteiger partial charge in [0.2, 0.25) is 5.91 Å². The van der Waals surface area contributed by atoms with Crippen LogP contribution >= 0.6 is 11.3 Å². The number of thiophene rings is 1. The molecule has 2 amide bonds. The normalized spacial score (nSPS) is 11.7. The molecule has 1 atom stereocenters. The van der Waals surface area contributed by atoms with E-state index in [0.29, 0.717) is 4.88 Å². The minimum absolute atomic E-state index is 0.167. The average Bonchev–Trinajstić information content (AvgIpc) is 2.96. The number of methoxy groups -OCH3 is 1. The summed E-state index contributed by atoms with van der Waals surface area (Å²) in [6, 6.07) is 2.39. The summed E-state index contributed by atoms with van der Waals surface area (Å²) in [5.41, 5.74) is 0. The SMILES string of the molecule is COCCC(NC(=O)CN(C)C(=O)c1cccs1)C(=O)O. The van der Waals surface area contributed by atoms with Crippen LogP contribution in [0.15, 0.2) is 17.5 Å². The Labute approximate surface area is 126 Å². The number of rotatable bonds is 8. The molecule has 1 aromatic rings. The molecule has 8 heteroatoms. The van der Waals surface area contributed by atoms with E-state index in [0.717, 1.165) is 0 Å². The number of carbonyl (C=O) groups excluding carboxylic acids is 2. The molecule has 1 aromatic heterocycles. The van der Waals surface area contributed by atoms with Gasteiger partial charge >= 0.3 is 5.97 Å². The molecule has 21 heavy (non-hydrogen) atoms. The van der Waals surface area contributed by atoms with E-state index in [-0.39, 0.29) is 25.5 Å². The Morgan fingerprint density at radius 2 is 2.19 bits per heavy atom. The Kier molecular flexibility index (Phi) is 6.83. The van der Waals surface area contributed by atoms with Gasteiger partial charge in [0.1, 0.15) is 6.04 Å². The second-order valence-corrected chi connectivity index (χ2v) is 5.33. The fourth-order valence-electron chi connectivity index (χ4n) is 1.61. The molecule has 1 unspecified atom stereocenters. The maximum atomic E-state index is 12.0. The van der Waals surface area contributed by atoms with Crippen LogP contribution in [0.3, 0.4) is 0 Å². The fraction of sp³-hybridized carbons (Fsp3) is 0.462. The van der Waals surface area contributed by atoms with Crippen molar-refractivity contribution in [1.82, 2.24) is 10.2 Å². The van der Waals surface area contributed by atoms with E-state index in [1.807, 2.05) is 0 Å². The van der Waals surface area contributed by atoms with Crippen LogP contribution in [0.2, 0.25) is 0 Å². The van der Waals surface area contributed by atoms with Gasteiger partial charge in [-0.25, -0.2) is 4.79 Å². The van der Waals surface area contributed by atoms with Crippen LogP contribution in [0, 0.1) is 0 Å². The van der Waals surface area contributed by atoms with Gasteiger partial charge in [-0.2, -0.15) is 0 Å². The molecule has 0 aliphatic carbocycles. The molecule has 0 bridgehead atoms. The van der Waals surface area contributed by atoms with Crippen LogP contribution in [-0.4, -0.2) is 61.1 Å². The predicted octanol–water partition coefficient (Wildman–Crippen LogP) is 0.426. The minimum atomic E-state index is -1.13. The molecule has 0 fully saturated rings. The molecule has 1 heterocycles. The molecule has 0 aliphatic rings. The van der Waals surface area contributed by atoms with Gasteiger partial charge in [0.05, 0.1) is 11.4 Å². The Morgan fingerprint density at radius 3 is 2.71 bits per heavy atom. The van der Waals surface area contributed by atoms with Gasteiger partial charge in [-0.15, -0.1) is 11.3 Å². The molecule has 0 saturated carbocycles. The maximum absolute atomic E-state index is 12.0. The third-order valence-corrected chi connectivity index (χ3v) is 3.56. The molecule has 0 saturated heterocycles. The number of ether oxygens (including phenoxy) is 1. The highest BCUT2D eigenvalue weighted by molar-refractivity contribution is 7.12. The summed E-state index contributed by atoms with van der Waals surface area (Å²) >= 11 is 1.28. The first kappa shape index (κ1) is 17.1. The zero-order valence-electron chi connectivity index (χ0n) is 11.9. The molecule has 7 nitrogen and oxygen atoms in total. The van der Waals surface area contributed by atoms with Crippen molar-refractivity contribution in [2.75, 3.05) is 27.3 Å². The summed E-state index contributed by atoms with van der Waals surface area (Å²) in [6.07, 6.45) is 0.167. The third kappa shape index (κ3) is 5.52. The van der Waals surface area contributed by atoms with Crippen LogP contribution in [0.1, 0.15) is 16.1 Å². The summed E-state index contributed by atoms with van der Waals surface area (Å²) in [5.74, 6) is -1.93. The van der Waals surface area contributed by atoms with Gasteiger partial charge < -0.3 is 20.1 Å². The second-order valence-electron chi connectivity index (χ2n) is 4.38. The van der Waals surface area contributed by atoms with Crippen molar-refractivity contribution in [3.8, 4) is 0 Å². The third-order valence-electron chi connectivity index (χ3n) is 2.70. The van der Waals surface area contributed by atoms with Gasteiger partial charge in [-0.3, -0.25) is 9.59 Å². The lowest BCUT2D eigenvalue weighted by molar-refractivity contribution is -0.142. The van der Waals surface area contributed by atoms with Crippen molar-refractivity contribution in [2.24, 2.45) is 0 Å². The number of carbonyl (C=O) groups is 3. The van der Waals surface area contributed by atoms with Gasteiger partial charge in [0, 0.05) is 27.2 Å². The lowest BCUT2D eigenvalue weighted by Gasteiger charge is -2.18. The molecule has 1 rings (SSSR count). The first-order chi connectivity index (χ1) is 9.95. The van der Waals surface area contributed by atoms with Gasteiger partial charge in [-0.05, 0) is 11.4 Å². The van der Waals surface area contributed by atoms with Crippen molar-refractivity contribution in [2.45, 2.75) is 12.5 Å². The zero-order valence-corrected chi connectivity index (χ0v) is 12.7. The summed E-state index contributed by atoms with van der Waals surface area (Å²) in [6.45, 7) is 0.0225. The molecule has 0 aliphatic heterocycles. The van der Waals surface area contributed by atoms with Crippen LogP contribution in [0.25, 0.3) is 0 Å². The van der Waals surface area contributed by atoms with Gasteiger partial charge in [-0.1, -0.05) is 6.07 Å².